The fraction of sp³-hybridized carbons (Fsp3) is 0.600. The number of carbonyl (C=O) groups is 3. The number of amides is 2. The predicted molar refractivity (Wildman–Crippen MR) is 88.4 cm³/mol. The first-order chi connectivity index (χ1) is 10.5. The molecule has 2 amide bonds. The summed E-state index contributed by atoms with van der Waals surface area (Å²) in [5, 5.41) is 13.7. The van der Waals surface area contributed by atoms with Gasteiger partial charge in [0.1, 0.15) is 6.54 Å². The first-order valence-corrected chi connectivity index (χ1v) is 8.15. The van der Waals surface area contributed by atoms with Crippen LogP contribution in [0.1, 0.15) is 40.3 Å². The van der Waals surface area contributed by atoms with E-state index in [0.717, 1.165) is 0 Å². The van der Waals surface area contributed by atoms with E-state index in [1.54, 1.807) is 40.0 Å². The van der Waals surface area contributed by atoms with Gasteiger partial charge in [0.05, 0.1) is 12.1 Å². The minimum Gasteiger partial charge on any atom is -0.480 e. The van der Waals surface area contributed by atoms with E-state index in [4.69, 9.17) is 5.11 Å². The number of carboxylic acids is 1. The number of nitrogens with one attached hydrogen (secondary N) is 1. The molecule has 128 valence electrons. The van der Waals surface area contributed by atoms with Gasteiger partial charge in [-0.1, -0.05) is 20.8 Å². The summed E-state index contributed by atoms with van der Waals surface area (Å²) in [6.07, 6.45) is 0.00729. The second kappa shape index (κ2) is 7.54. The highest BCUT2D eigenvalue weighted by atomic mass is 32.1. The Balaban J connectivity index is 2.73. The van der Waals surface area contributed by atoms with Crippen molar-refractivity contribution in [2.75, 3.05) is 11.9 Å². The molecular weight excluding hydrogens is 318 g/mol. The van der Waals surface area contributed by atoms with Gasteiger partial charge in [-0.15, -0.1) is 11.3 Å². The number of carboxylic acid groups (broad SMARTS) is 1. The normalized spacial score (nSPS) is 11.4. The second-order valence-corrected chi connectivity index (χ2v) is 7.39. The van der Waals surface area contributed by atoms with Gasteiger partial charge < -0.3 is 15.3 Å². The summed E-state index contributed by atoms with van der Waals surface area (Å²) in [6, 6.07) is -0.211. The Morgan fingerprint density at radius 1 is 1.35 bits per heavy atom. The van der Waals surface area contributed by atoms with E-state index in [1.165, 1.54) is 16.2 Å². The van der Waals surface area contributed by atoms with E-state index in [9.17, 15) is 14.4 Å². The molecule has 0 saturated heterocycles. The highest BCUT2D eigenvalue weighted by molar-refractivity contribution is 7.13. The largest absolute Gasteiger partial charge is 0.480 e. The fourth-order valence-corrected chi connectivity index (χ4v) is 2.40. The molecule has 0 spiro atoms. The number of thiazole rings is 1. The molecule has 0 aliphatic rings. The summed E-state index contributed by atoms with van der Waals surface area (Å²) in [4.78, 5) is 40.5. The lowest BCUT2D eigenvalue weighted by Crippen LogP contribution is -2.41. The number of carbonyl (C=O) groups excluding carboxylic acids is 2. The van der Waals surface area contributed by atoms with Crippen molar-refractivity contribution in [2.24, 2.45) is 5.41 Å². The van der Waals surface area contributed by atoms with Crippen molar-refractivity contribution in [3.63, 3.8) is 0 Å². The van der Waals surface area contributed by atoms with Gasteiger partial charge in [0, 0.05) is 16.8 Å². The van der Waals surface area contributed by atoms with Crippen molar-refractivity contribution in [1.29, 1.82) is 0 Å². The minimum atomic E-state index is -1.05. The molecule has 0 unspecified atom stereocenters. The highest BCUT2D eigenvalue weighted by Gasteiger charge is 2.23. The van der Waals surface area contributed by atoms with Crippen LogP contribution in [0.2, 0.25) is 0 Å². The molecule has 0 bridgehead atoms. The summed E-state index contributed by atoms with van der Waals surface area (Å²) in [5.74, 6) is -1.51. The molecule has 0 aromatic carbocycles. The van der Waals surface area contributed by atoms with E-state index in [2.05, 4.69) is 10.3 Å². The van der Waals surface area contributed by atoms with E-state index in [-0.39, 0.29) is 30.8 Å². The van der Waals surface area contributed by atoms with E-state index in [1.807, 2.05) is 0 Å². The van der Waals surface area contributed by atoms with Crippen LogP contribution in [0.3, 0.4) is 0 Å². The molecule has 0 fully saturated rings. The Hall–Kier alpha value is -1.96. The molecule has 1 aromatic heterocycles. The molecular formula is C15H23N3O4S. The Kier molecular flexibility index (Phi) is 6.26. The fourth-order valence-electron chi connectivity index (χ4n) is 1.69. The number of nitrogens with zero attached hydrogens (tertiary/aromatic N) is 2. The van der Waals surface area contributed by atoms with Crippen molar-refractivity contribution in [1.82, 2.24) is 9.88 Å². The van der Waals surface area contributed by atoms with Crippen molar-refractivity contribution in [2.45, 2.75) is 47.1 Å². The lowest BCUT2D eigenvalue weighted by atomic mass is 9.96. The molecule has 8 heteroatoms. The molecule has 23 heavy (non-hydrogen) atoms. The number of hydrogen-bond acceptors (Lipinski definition) is 5. The number of aromatic nitrogens is 1. The first kappa shape index (κ1) is 19.1. The van der Waals surface area contributed by atoms with E-state index < -0.39 is 11.4 Å². The zero-order valence-corrected chi connectivity index (χ0v) is 14.9. The van der Waals surface area contributed by atoms with Crippen LogP contribution in [-0.4, -0.2) is 45.4 Å². The van der Waals surface area contributed by atoms with Gasteiger partial charge in [-0.05, 0) is 13.8 Å². The zero-order chi connectivity index (χ0) is 17.8. The van der Waals surface area contributed by atoms with Crippen molar-refractivity contribution >= 4 is 34.3 Å². The quantitative estimate of drug-likeness (QED) is 0.824. The van der Waals surface area contributed by atoms with Gasteiger partial charge in [0.15, 0.2) is 5.13 Å². The van der Waals surface area contributed by atoms with Crippen LogP contribution >= 0.6 is 11.3 Å². The predicted octanol–water partition coefficient (Wildman–Crippen LogP) is 1.99. The van der Waals surface area contributed by atoms with Crippen molar-refractivity contribution in [3.05, 3.63) is 11.1 Å². The van der Waals surface area contributed by atoms with Crippen LogP contribution in [0.15, 0.2) is 5.38 Å². The monoisotopic (exact) mass is 341 g/mol. The molecule has 1 heterocycles. The number of aliphatic carboxylic acids is 1. The maximum atomic E-state index is 12.2. The zero-order valence-electron chi connectivity index (χ0n) is 14.0. The summed E-state index contributed by atoms with van der Waals surface area (Å²) < 4.78 is 0. The van der Waals surface area contributed by atoms with Crippen LogP contribution < -0.4 is 5.32 Å². The van der Waals surface area contributed by atoms with Gasteiger partial charge >= 0.3 is 5.97 Å². The molecule has 7 nitrogen and oxygen atoms in total. The van der Waals surface area contributed by atoms with Gasteiger partial charge in [0.25, 0.3) is 0 Å². The maximum Gasteiger partial charge on any atom is 0.323 e. The minimum absolute atomic E-state index is 0.00729. The van der Waals surface area contributed by atoms with Crippen LogP contribution in [-0.2, 0) is 20.8 Å². The molecule has 2 N–H and O–H groups in total. The molecule has 0 aliphatic heterocycles. The topological polar surface area (TPSA) is 99.6 Å². The van der Waals surface area contributed by atoms with Crippen LogP contribution in [0, 0.1) is 5.41 Å². The standard InChI is InChI=1S/C15H23N3O4S/c1-9(2)18(7-12(20)21)11(19)6-10-8-23-14(16-10)17-13(22)15(3,4)5/h8-9H,6-7H2,1-5H3,(H,20,21)(H,16,17,22). The maximum absolute atomic E-state index is 12.2. The van der Waals surface area contributed by atoms with Crippen LogP contribution in [0.5, 0.6) is 0 Å². The average Bonchev–Trinajstić information content (AvgIpc) is 2.81. The average molecular weight is 341 g/mol. The molecule has 1 rings (SSSR count). The third-order valence-electron chi connectivity index (χ3n) is 3.04. The van der Waals surface area contributed by atoms with Crippen molar-refractivity contribution in [3.8, 4) is 0 Å². The van der Waals surface area contributed by atoms with Gasteiger partial charge in [-0.3, -0.25) is 14.4 Å². The molecule has 0 atom stereocenters. The van der Waals surface area contributed by atoms with E-state index >= 15 is 0 Å². The van der Waals surface area contributed by atoms with E-state index in [0.29, 0.717) is 10.8 Å². The Bertz CT molecular complexity index is 590. The molecule has 0 aliphatic carbocycles. The summed E-state index contributed by atoms with van der Waals surface area (Å²) in [7, 11) is 0. The summed E-state index contributed by atoms with van der Waals surface area (Å²) in [5.41, 5.74) is -0.0161. The highest BCUT2D eigenvalue weighted by Crippen LogP contribution is 2.21. The number of anilines is 1. The molecule has 0 radical (unpaired) electrons. The molecule has 1 aromatic rings. The summed E-state index contributed by atoms with van der Waals surface area (Å²) >= 11 is 1.24. The van der Waals surface area contributed by atoms with Gasteiger partial charge in [-0.25, -0.2) is 4.98 Å². The van der Waals surface area contributed by atoms with Crippen LogP contribution in [0.25, 0.3) is 0 Å². The van der Waals surface area contributed by atoms with Crippen LogP contribution in [0.4, 0.5) is 5.13 Å². The Morgan fingerprint density at radius 2 is 1.96 bits per heavy atom. The lowest BCUT2D eigenvalue weighted by molar-refractivity contribution is -0.145. The third kappa shape index (κ3) is 5.97. The smallest absolute Gasteiger partial charge is 0.323 e. The SMILES string of the molecule is CC(C)N(CC(=O)O)C(=O)Cc1csc(NC(=O)C(C)(C)C)n1. The second-order valence-electron chi connectivity index (χ2n) is 6.53. The lowest BCUT2D eigenvalue weighted by Gasteiger charge is -2.24. The van der Waals surface area contributed by atoms with Crippen molar-refractivity contribution < 1.29 is 19.5 Å². The number of hydrogen-bond donors (Lipinski definition) is 2. The third-order valence-corrected chi connectivity index (χ3v) is 3.84. The summed E-state index contributed by atoms with van der Waals surface area (Å²) in [6.45, 7) is 8.58. The Morgan fingerprint density at radius 3 is 2.43 bits per heavy atom. The molecule has 0 saturated carbocycles. The van der Waals surface area contributed by atoms with Gasteiger partial charge in [0.2, 0.25) is 11.8 Å². The first-order valence-electron chi connectivity index (χ1n) is 7.28. The Labute approximate surface area is 139 Å². The number of rotatable bonds is 6. The van der Waals surface area contributed by atoms with Gasteiger partial charge in [-0.2, -0.15) is 0 Å².